The first-order chi connectivity index (χ1) is 12.5. The maximum Gasteiger partial charge on any atom is 0.277 e. The second kappa shape index (κ2) is 8.58. The zero-order valence-electron chi connectivity index (χ0n) is 13.8. The van der Waals surface area contributed by atoms with E-state index >= 15 is 0 Å². The molecule has 3 aromatic rings. The second-order valence-electron chi connectivity index (χ2n) is 5.49. The van der Waals surface area contributed by atoms with Gasteiger partial charge in [0.15, 0.2) is 0 Å². The molecule has 0 bridgehead atoms. The molecule has 134 valence electrons. The monoisotopic (exact) mass is 407 g/mol. The Hall–Kier alpha value is -2.02. The molecule has 1 atom stereocenters. The van der Waals surface area contributed by atoms with Crippen molar-refractivity contribution in [3.63, 3.8) is 0 Å². The molecule has 1 heterocycles. The average Bonchev–Trinajstić information content (AvgIpc) is 3.12. The number of amides is 1. The molecule has 26 heavy (non-hydrogen) atoms. The zero-order chi connectivity index (χ0) is 18.5. The van der Waals surface area contributed by atoms with Crippen molar-refractivity contribution in [1.82, 2.24) is 15.5 Å². The quantitative estimate of drug-likeness (QED) is 0.581. The maximum atomic E-state index is 12.1. The first kappa shape index (κ1) is 18.8. The Kier molecular flexibility index (Phi) is 6.19. The van der Waals surface area contributed by atoms with Crippen molar-refractivity contribution in [1.29, 1.82) is 0 Å². The van der Waals surface area contributed by atoms with Gasteiger partial charge in [-0.25, -0.2) is 0 Å². The predicted molar refractivity (Wildman–Crippen MR) is 103 cm³/mol. The molecule has 5 nitrogen and oxygen atoms in total. The van der Waals surface area contributed by atoms with Crippen LogP contribution in [0.4, 0.5) is 0 Å². The second-order valence-corrected chi connectivity index (χ2v) is 7.23. The molecule has 8 heteroatoms. The predicted octanol–water partition coefficient (Wildman–Crippen LogP) is 5.01. The Morgan fingerprint density at radius 2 is 1.92 bits per heavy atom. The summed E-state index contributed by atoms with van der Waals surface area (Å²) >= 11 is 13.1. The minimum atomic E-state index is -0.194. The summed E-state index contributed by atoms with van der Waals surface area (Å²) in [5, 5.41) is 12.1. The molecule has 1 N–H and O–H groups in total. The number of aromatic nitrogens is 2. The number of carbonyl (C=O) groups excluding carboxylic acids is 1. The van der Waals surface area contributed by atoms with Crippen LogP contribution < -0.4 is 5.32 Å². The van der Waals surface area contributed by atoms with Gasteiger partial charge in [-0.1, -0.05) is 59.2 Å². The third-order valence-electron chi connectivity index (χ3n) is 3.58. The van der Waals surface area contributed by atoms with E-state index in [2.05, 4.69) is 15.5 Å². The fraction of sp³-hybridized carbons (Fsp3) is 0.167. The third-order valence-corrected chi connectivity index (χ3v) is 5.13. The van der Waals surface area contributed by atoms with Gasteiger partial charge in [0.1, 0.15) is 0 Å². The molecule has 0 radical (unpaired) electrons. The van der Waals surface area contributed by atoms with Crippen molar-refractivity contribution in [2.45, 2.75) is 18.2 Å². The summed E-state index contributed by atoms with van der Waals surface area (Å²) in [6.07, 6.45) is 0. The number of halogens is 2. The van der Waals surface area contributed by atoms with Crippen LogP contribution in [-0.2, 0) is 4.79 Å². The van der Waals surface area contributed by atoms with Gasteiger partial charge in [-0.15, -0.1) is 10.2 Å². The molecular weight excluding hydrogens is 393 g/mol. The van der Waals surface area contributed by atoms with Crippen molar-refractivity contribution >= 4 is 40.9 Å². The molecule has 0 saturated heterocycles. The van der Waals surface area contributed by atoms with Crippen LogP contribution in [0.25, 0.3) is 11.5 Å². The van der Waals surface area contributed by atoms with Gasteiger partial charge in [0.05, 0.1) is 21.8 Å². The molecule has 0 aliphatic heterocycles. The first-order valence-electron chi connectivity index (χ1n) is 7.79. The highest BCUT2D eigenvalue weighted by atomic mass is 35.5. The first-order valence-corrected chi connectivity index (χ1v) is 9.53. The number of benzene rings is 2. The molecule has 1 unspecified atom stereocenters. The molecule has 0 spiro atoms. The van der Waals surface area contributed by atoms with Crippen LogP contribution in [0, 0.1) is 0 Å². The molecule has 0 aliphatic carbocycles. The maximum absolute atomic E-state index is 12.1. The lowest BCUT2D eigenvalue weighted by Gasteiger charge is -2.14. The van der Waals surface area contributed by atoms with Crippen LogP contribution in [0.5, 0.6) is 0 Å². The lowest BCUT2D eigenvalue weighted by atomic mass is 10.1. The molecule has 1 amide bonds. The van der Waals surface area contributed by atoms with Gasteiger partial charge in [0.25, 0.3) is 5.22 Å². The number of thioether (sulfide) groups is 1. The summed E-state index contributed by atoms with van der Waals surface area (Å²) in [7, 11) is 0. The van der Waals surface area contributed by atoms with Gasteiger partial charge in [-0.2, -0.15) is 0 Å². The minimum absolute atomic E-state index is 0.145. The Balaban J connectivity index is 1.54. The minimum Gasteiger partial charge on any atom is -0.411 e. The molecule has 2 aromatic carbocycles. The molecule has 3 rings (SSSR count). The molecule has 0 saturated carbocycles. The van der Waals surface area contributed by atoms with E-state index in [9.17, 15) is 4.79 Å². The van der Waals surface area contributed by atoms with E-state index in [1.165, 1.54) is 11.8 Å². The topological polar surface area (TPSA) is 68.0 Å². The molecule has 0 fully saturated rings. The van der Waals surface area contributed by atoms with Crippen LogP contribution in [0.2, 0.25) is 10.0 Å². The summed E-state index contributed by atoms with van der Waals surface area (Å²) in [6, 6.07) is 14.5. The summed E-state index contributed by atoms with van der Waals surface area (Å²) in [5.41, 5.74) is 1.71. The number of rotatable bonds is 6. The number of hydrogen-bond donors (Lipinski definition) is 1. The standard InChI is InChI=1S/C18H15Cl2N3O2S/c1-11(13-7-8-14(19)15(20)9-13)21-16(24)10-26-18-23-22-17(25-18)12-5-3-2-4-6-12/h2-9,11H,10H2,1H3,(H,21,24). The van der Waals surface area contributed by atoms with Crippen molar-refractivity contribution in [3.05, 3.63) is 64.1 Å². The third kappa shape index (κ3) is 4.78. The number of nitrogens with zero attached hydrogens (tertiary/aromatic N) is 2. The Bertz CT molecular complexity index is 902. The van der Waals surface area contributed by atoms with Crippen LogP contribution in [0.3, 0.4) is 0 Å². The van der Waals surface area contributed by atoms with Crippen LogP contribution in [0.15, 0.2) is 58.2 Å². The number of hydrogen-bond acceptors (Lipinski definition) is 5. The van der Waals surface area contributed by atoms with Gasteiger partial charge in [-0.05, 0) is 36.8 Å². The molecular formula is C18H15Cl2N3O2S. The number of carbonyl (C=O) groups is 1. The van der Waals surface area contributed by atoms with E-state index < -0.39 is 0 Å². The summed E-state index contributed by atoms with van der Waals surface area (Å²) in [5.74, 6) is 0.452. The van der Waals surface area contributed by atoms with Gasteiger partial charge < -0.3 is 9.73 Å². The van der Waals surface area contributed by atoms with Crippen molar-refractivity contribution < 1.29 is 9.21 Å². The van der Waals surface area contributed by atoms with Gasteiger partial charge in [-0.3, -0.25) is 4.79 Å². The van der Waals surface area contributed by atoms with Crippen LogP contribution >= 0.6 is 35.0 Å². The highest BCUT2D eigenvalue weighted by Gasteiger charge is 2.14. The van der Waals surface area contributed by atoms with E-state index in [4.69, 9.17) is 27.6 Å². The van der Waals surface area contributed by atoms with Gasteiger partial charge >= 0.3 is 0 Å². The SMILES string of the molecule is CC(NC(=O)CSc1nnc(-c2ccccc2)o1)c1ccc(Cl)c(Cl)c1. The van der Waals surface area contributed by atoms with Crippen molar-refractivity contribution in [2.75, 3.05) is 5.75 Å². The van der Waals surface area contributed by atoms with Crippen LogP contribution in [-0.4, -0.2) is 21.9 Å². The Labute approximate surface area is 165 Å². The average molecular weight is 408 g/mol. The highest BCUT2D eigenvalue weighted by molar-refractivity contribution is 7.99. The normalized spacial score (nSPS) is 12.0. The zero-order valence-corrected chi connectivity index (χ0v) is 16.1. The van der Waals surface area contributed by atoms with Crippen LogP contribution in [0.1, 0.15) is 18.5 Å². The van der Waals surface area contributed by atoms with Gasteiger partial charge in [0, 0.05) is 5.56 Å². The summed E-state index contributed by atoms with van der Waals surface area (Å²) in [6.45, 7) is 1.88. The van der Waals surface area contributed by atoms with Gasteiger partial charge in [0.2, 0.25) is 11.8 Å². The lowest BCUT2D eigenvalue weighted by molar-refractivity contribution is -0.119. The fourth-order valence-electron chi connectivity index (χ4n) is 2.24. The number of nitrogens with one attached hydrogen (secondary N) is 1. The van der Waals surface area contributed by atoms with E-state index in [0.717, 1.165) is 11.1 Å². The van der Waals surface area contributed by atoms with E-state index in [-0.39, 0.29) is 17.7 Å². The van der Waals surface area contributed by atoms with E-state index in [1.807, 2.05) is 43.3 Å². The largest absolute Gasteiger partial charge is 0.411 e. The molecule has 0 aliphatic rings. The Morgan fingerprint density at radius 1 is 1.15 bits per heavy atom. The lowest BCUT2D eigenvalue weighted by Crippen LogP contribution is -2.28. The van der Waals surface area contributed by atoms with Crippen molar-refractivity contribution in [2.24, 2.45) is 0 Å². The highest BCUT2D eigenvalue weighted by Crippen LogP contribution is 2.26. The fourth-order valence-corrected chi connectivity index (χ4v) is 3.12. The summed E-state index contributed by atoms with van der Waals surface area (Å²) in [4.78, 5) is 12.1. The Morgan fingerprint density at radius 3 is 2.65 bits per heavy atom. The molecule has 1 aromatic heterocycles. The van der Waals surface area contributed by atoms with Crippen molar-refractivity contribution in [3.8, 4) is 11.5 Å². The summed E-state index contributed by atoms with van der Waals surface area (Å²) < 4.78 is 5.57. The smallest absolute Gasteiger partial charge is 0.277 e. The van der Waals surface area contributed by atoms with E-state index in [1.54, 1.807) is 12.1 Å². The van der Waals surface area contributed by atoms with E-state index in [0.29, 0.717) is 21.2 Å².